The Labute approximate surface area is 143 Å². The summed E-state index contributed by atoms with van der Waals surface area (Å²) in [5.74, 6) is -1.03. The van der Waals surface area contributed by atoms with Crippen LogP contribution in [-0.4, -0.2) is 49.5 Å². The van der Waals surface area contributed by atoms with E-state index < -0.39 is 27.9 Å². The third kappa shape index (κ3) is 7.21. The molecular formula is C13H17ClN2O5S2. The fraction of sp³-hybridized carbons (Fsp3) is 0.385. The maximum Gasteiger partial charge on any atom is 0.313 e. The van der Waals surface area contributed by atoms with Crippen LogP contribution in [0.25, 0.3) is 0 Å². The molecule has 3 N–H and O–H groups in total. The topological polar surface area (TPSA) is 113 Å². The van der Waals surface area contributed by atoms with Gasteiger partial charge in [0.15, 0.2) is 0 Å². The van der Waals surface area contributed by atoms with Crippen LogP contribution in [0.15, 0.2) is 29.2 Å². The number of amides is 1. The lowest BCUT2D eigenvalue weighted by molar-refractivity contribution is -0.133. The van der Waals surface area contributed by atoms with Crippen molar-refractivity contribution in [3.05, 3.63) is 29.3 Å². The molecule has 0 aliphatic carbocycles. The molecule has 1 unspecified atom stereocenters. The van der Waals surface area contributed by atoms with E-state index >= 15 is 0 Å². The summed E-state index contributed by atoms with van der Waals surface area (Å²) in [5.41, 5.74) is 0. The highest BCUT2D eigenvalue weighted by Gasteiger charge is 2.21. The first-order valence-corrected chi connectivity index (χ1v) is 9.59. The van der Waals surface area contributed by atoms with Crippen LogP contribution in [0.4, 0.5) is 0 Å². The van der Waals surface area contributed by atoms with E-state index in [-0.39, 0.29) is 17.2 Å². The van der Waals surface area contributed by atoms with Gasteiger partial charge in [0, 0.05) is 17.3 Å². The highest BCUT2D eigenvalue weighted by molar-refractivity contribution is 7.99. The molecule has 0 saturated carbocycles. The molecule has 23 heavy (non-hydrogen) atoms. The molecule has 0 heterocycles. The van der Waals surface area contributed by atoms with Gasteiger partial charge in [-0.3, -0.25) is 9.59 Å². The molecule has 0 spiro atoms. The van der Waals surface area contributed by atoms with E-state index in [0.717, 1.165) is 11.8 Å². The zero-order valence-electron chi connectivity index (χ0n) is 12.3. The van der Waals surface area contributed by atoms with Gasteiger partial charge in [-0.1, -0.05) is 11.6 Å². The van der Waals surface area contributed by atoms with Crippen molar-refractivity contribution in [1.82, 2.24) is 10.0 Å². The number of carbonyl (C=O) groups excluding carboxylic acids is 1. The van der Waals surface area contributed by atoms with E-state index in [4.69, 9.17) is 16.7 Å². The molecule has 0 aromatic heterocycles. The third-order valence-electron chi connectivity index (χ3n) is 2.62. The van der Waals surface area contributed by atoms with Crippen LogP contribution >= 0.6 is 23.4 Å². The fourth-order valence-electron chi connectivity index (χ4n) is 1.53. The minimum absolute atomic E-state index is 0.0126. The van der Waals surface area contributed by atoms with E-state index in [2.05, 4.69) is 10.0 Å². The lowest BCUT2D eigenvalue weighted by atomic mass is 10.3. The Kier molecular flexibility index (Phi) is 7.83. The molecule has 10 heteroatoms. The number of carboxylic acids is 1. The second-order valence-corrected chi connectivity index (χ2v) is 7.79. The lowest BCUT2D eigenvalue weighted by Gasteiger charge is -2.14. The lowest BCUT2D eigenvalue weighted by Crippen LogP contribution is -2.45. The monoisotopic (exact) mass is 380 g/mol. The normalized spacial score (nSPS) is 12.6. The van der Waals surface area contributed by atoms with Crippen molar-refractivity contribution in [3.63, 3.8) is 0 Å². The molecule has 0 aliphatic heterocycles. The summed E-state index contributed by atoms with van der Waals surface area (Å²) in [6.07, 6.45) is 0. The zero-order chi connectivity index (χ0) is 17.5. The van der Waals surface area contributed by atoms with Crippen LogP contribution in [-0.2, 0) is 19.6 Å². The average Bonchev–Trinajstić information content (AvgIpc) is 2.46. The van der Waals surface area contributed by atoms with E-state index in [1.165, 1.54) is 31.2 Å². The molecule has 1 aromatic rings. The summed E-state index contributed by atoms with van der Waals surface area (Å²) in [5, 5.41) is 11.4. The maximum atomic E-state index is 12.1. The summed E-state index contributed by atoms with van der Waals surface area (Å²) in [7, 11) is -3.82. The van der Waals surface area contributed by atoms with Crippen LogP contribution in [0.2, 0.25) is 5.02 Å². The first kappa shape index (κ1) is 19.8. The molecule has 0 fully saturated rings. The number of halogens is 1. The van der Waals surface area contributed by atoms with Gasteiger partial charge in [0.1, 0.15) is 0 Å². The Morgan fingerprint density at radius 1 is 1.30 bits per heavy atom. The molecule has 0 saturated heterocycles. The number of carbonyl (C=O) groups is 2. The highest BCUT2D eigenvalue weighted by Crippen LogP contribution is 2.14. The van der Waals surface area contributed by atoms with Crippen LogP contribution in [0, 0.1) is 0 Å². The second-order valence-electron chi connectivity index (χ2n) is 4.53. The minimum Gasteiger partial charge on any atom is -0.481 e. The molecule has 7 nitrogen and oxygen atoms in total. The van der Waals surface area contributed by atoms with Gasteiger partial charge in [0.2, 0.25) is 15.9 Å². The number of benzene rings is 1. The molecular weight excluding hydrogens is 364 g/mol. The van der Waals surface area contributed by atoms with Crippen LogP contribution in [0.5, 0.6) is 0 Å². The van der Waals surface area contributed by atoms with Crippen molar-refractivity contribution in [2.75, 3.05) is 18.1 Å². The van der Waals surface area contributed by atoms with Crippen molar-refractivity contribution in [2.24, 2.45) is 0 Å². The number of nitrogens with one attached hydrogen (secondary N) is 2. The number of thioether (sulfide) groups is 1. The Morgan fingerprint density at radius 3 is 2.48 bits per heavy atom. The van der Waals surface area contributed by atoms with Crippen LogP contribution < -0.4 is 10.0 Å². The smallest absolute Gasteiger partial charge is 0.313 e. The Bertz CT molecular complexity index is 649. The molecule has 0 bridgehead atoms. The summed E-state index contributed by atoms with van der Waals surface area (Å²) in [6, 6.07) is 4.62. The van der Waals surface area contributed by atoms with Gasteiger partial charge < -0.3 is 10.4 Å². The summed E-state index contributed by atoms with van der Waals surface area (Å²) < 4.78 is 26.5. The molecule has 128 valence electrons. The summed E-state index contributed by atoms with van der Waals surface area (Å²) in [6.45, 7) is 1.68. The van der Waals surface area contributed by atoms with Gasteiger partial charge >= 0.3 is 5.97 Å². The molecule has 0 aliphatic rings. The molecule has 1 atom stereocenters. The van der Waals surface area contributed by atoms with Gasteiger partial charge in [0.05, 0.1) is 16.7 Å². The van der Waals surface area contributed by atoms with E-state index in [9.17, 15) is 18.0 Å². The van der Waals surface area contributed by atoms with E-state index in [1.54, 1.807) is 0 Å². The van der Waals surface area contributed by atoms with Gasteiger partial charge in [-0.25, -0.2) is 8.42 Å². The molecule has 1 rings (SSSR count). The number of aliphatic carboxylic acids is 1. The van der Waals surface area contributed by atoms with Crippen molar-refractivity contribution in [3.8, 4) is 0 Å². The Hall–Kier alpha value is -1.29. The average molecular weight is 381 g/mol. The van der Waals surface area contributed by atoms with E-state index in [1.807, 2.05) is 0 Å². The molecule has 1 amide bonds. The standard InChI is InChI=1S/C13H17ClN2O5S2/c1-9(13(19)15-6-7-22-8-12(17)18)16-23(20,21)11-4-2-10(14)3-5-11/h2-5,9,16H,6-8H2,1H3,(H,15,19)(H,17,18). The molecule has 1 aromatic carbocycles. The largest absolute Gasteiger partial charge is 0.481 e. The number of rotatable bonds is 9. The van der Waals surface area contributed by atoms with Gasteiger partial charge in [-0.2, -0.15) is 4.72 Å². The summed E-state index contributed by atoms with van der Waals surface area (Å²) >= 11 is 6.86. The fourth-order valence-corrected chi connectivity index (χ4v) is 3.42. The highest BCUT2D eigenvalue weighted by atomic mass is 35.5. The van der Waals surface area contributed by atoms with Crippen molar-refractivity contribution >= 4 is 45.3 Å². The zero-order valence-corrected chi connectivity index (χ0v) is 14.7. The SMILES string of the molecule is CC(NS(=O)(=O)c1ccc(Cl)cc1)C(=O)NCCSCC(=O)O. The maximum absolute atomic E-state index is 12.1. The Morgan fingerprint density at radius 2 is 1.91 bits per heavy atom. The number of sulfonamides is 1. The van der Waals surface area contributed by atoms with Crippen molar-refractivity contribution < 1.29 is 23.1 Å². The van der Waals surface area contributed by atoms with Gasteiger partial charge in [-0.15, -0.1) is 11.8 Å². The van der Waals surface area contributed by atoms with Gasteiger partial charge in [-0.05, 0) is 31.2 Å². The number of hydrogen-bond donors (Lipinski definition) is 3. The minimum atomic E-state index is -3.82. The van der Waals surface area contributed by atoms with Crippen molar-refractivity contribution in [1.29, 1.82) is 0 Å². The number of carboxylic acid groups (broad SMARTS) is 1. The van der Waals surface area contributed by atoms with Crippen LogP contribution in [0.3, 0.4) is 0 Å². The third-order valence-corrected chi connectivity index (χ3v) is 5.37. The predicted molar refractivity (Wildman–Crippen MR) is 89.2 cm³/mol. The van der Waals surface area contributed by atoms with Gasteiger partial charge in [0.25, 0.3) is 0 Å². The predicted octanol–water partition coefficient (Wildman–Crippen LogP) is 0.941. The quantitative estimate of drug-likeness (QED) is 0.549. The second kappa shape index (κ2) is 9.11. The number of hydrogen-bond acceptors (Lipinski definition) is 5. The first-order chi connectivity index (χ1) is 10.7. The summed E-state index contributed by atoms with van der Waals surface area (Å²) in [4.78, 5) is 22.2. The van der Waals surface area contributed by atoms with Crippen molar-refractivity contribution in [2.45, 2.75) is 17.9 Å². The molecule has 0 radical (unpaired) electrons. The van der Waals surface area contributed by atoms with Crippen LogP contribution in [0.1, 0.15) is 6.92 Å². The Balaban J connectivity index is 2.47. The van der Waals surface area contributed by atoms with E-state index in [0.29, 0.717) is 10.8 Å². The first-order valence-electron chi connectivity index (χ1n) is 6.57.